The van der Waals surface area contributed by atoms with Gasteiger partial charge in [-0.25, -0.2) is 0 Å². The van der Waals surface area contributed by atoms with Gasteiger partial charge in [-0.1, -0.05) is 30.2 Å². The molecule has 1 N–H and O–H groups in total. The first-order chi connectivity index (χ1) is 9.61. The van der Waals surface area contributed by atoms with E-state index in [0.717, 1.165) is 42.0 Å². The number of carbonyl (C=O) groups excluding carboxylic acids is 1. The van der Waals surface area contributed by atoms with Crippen molar-refractivity contribution in [2.45, 2.75) is 45.6 Å². The third-order valence-electron chi connectivity index (χ3n) is 3.86. The van der Waals surface area contributed by atoms with E-state index in [0.29, 0.717) is 6.61 Å². The number of carbonyl (C=O) groups is 1. The van der Waals surface area contributed by atoms with Gasteiger partial charge in [0.05, 0.1) is 23.2 Å². The van der Waals surface area contributed by atoms with Crippen molar-refractivity contribution in [3.63, 3.8) is 0 Å². The molecule has 0 spiro atoms. The third kappa shape index (κ3) is 3.66. The van der Waals surface area contributed by atoms with Gasteiger partial charge < -0.3 is 10.1 Å². The topological polar surface area (TPSA) is 38.3 Å². The number of nitrogens with one attached hydrogen (secondary N) is 1. The fraction of sp³-hybridized carbons (Fsp3) is 0.562. The molecule has 0 amide bonds. The van der Waals surface area contributed by atoms with Crippen LogP contribution in [0.3, 0.4) is 0 Å². The molecule has 2 rings (SSSR count). The summed E-state index contributed by atoms with van der Waals surface area (Å²) in [6.07, 6.45) is 3.87. The number of esters is 1. The molecule has 0 bridgehead atoms. The second kappa shape index (κ2) is 6.98. The molecule has 1 aromatic carbocycles. The Morgan fingerprint density at radius 1 is 1.45 bits per heavy atom. The smallest absolute Gasteiger partial charge is 0.308 e. The van der Waals surface area contributed by atoms with Gasteiger partial charge in [0.25, 0.3) is 0 Å². The first-order valence-electron chi connectivity index (χ1n) is 7.30. The number of benzene rings is 1. The Kier molecular flexibility index (Phi) is 5.30. The lowest BCUT2D eigenvalue weighted by Crippen LogP contribution is -2.32. The molecule has 1 aliphatic rings. The van der Waals surface area contributed by atoms with Gasteiger partial charge in [-0.05, 0) is 44.7 Å². The van der Waals surface area contributed by atoms with E-state index in [1.807, 2.05) is 32.0 Å². The summed E-state index contributed by atoms with van der Waals surface area (Å²) >= 11 is 6.24. The molecule has 0 saturated heterocycles. The Morgan fingerprint density at radius 2 is 2.25 bits per heavy atom. The van der Waals surface area contributed by atoms with Crippen molar-refractivity contribution in [2.24, 2.45) is 5.92 Å². The van der Waals surface area contributed by atoms with Crippen molar-refractivity contribution in [3.05, 3.63) is 28.8 Å². The van der Waals surface area contributed by atoms with Crippen LogP contribution in [-0.2, 0) is 9.53 Å². The van der Waals surface area contributed by atoms with Gasteiger partial charge in [0.1, 0.15) is 0 Å². The van der Waals surface area contributed by atoms with Crippen LogP contribution in [0.4, 0.5) is 5.69 Å². The number of hydrogen-bond donors (Lipinski definition) is 1. The highest BCUT2D eigenvalue weighted by Crippen LogP contribution is 2.31. The van der Waals surface area contributed by atoms with Gasteiger partial charge in [0, 0.05) is 6.04 Å². The minimum Gasteiger partial charge on any atom is -0.466 e. The Morgan fingerprint density at radius 3 is 2.95 bits per heavy atom. The summed E-state index contributed by atoms with van der Waals surface area (Å²) in [5.41, 5.74) is 2.12. The van der Waals surface area contributed by atoms with E-state index in [2.05, 4.69) is 5.32 Å². The maximum absolute atomic E-state index is 11.9. The van der Waals surface area contributed by atoms with E-state index in [1.54, 1.807) is 0 Å². The fourth-order valence-corrected chi connectivity index (χ4v) is 3.09. The summed E-state index contributed by atoms with van der Waals surface area (Å²) in [6.45, 7) is 4.35. The molecule has 1 aromatic rings. The molecule has 20 heavy (non-hydrogen) atoms. The maximum Gasteiger partial charge on any atom is 0.308 e. The van der Waals surface area contributed by atoms with Crippen LogP contribution in [0.15, 0.2) is 18.2 Å². The van der Waals surface area contributed by atoms with Crippen LogP contribution in [0.25, 0.3) is 0 Å². The van der Waals surface area contributed by atoms with Crippen LogP contribution in [0, 0.1) is 12.8 Å². The van der Waals surface area contributed by atoms with Crippen LogP contribution in [0.2, 0.25) is 5.02 Å². The number of anilines is 1. The van der Waals surface area contributed by atoms with E-state index >= 15 is 0 Å². The minimum atomic E-state index is -0.0603. The molecule has 2 atom stereocenters. The molecule has 0 aliphatic heterocycles. The highest BCUT2D eigenvalue weighted by molar-refractivity contribution is 6.33. The molecule has 1 fully saturated rings. The summed E-state index contributed by atoms with van der Waals surface area (Å²) in [5.74, 6) is -0.0427. The summed E-state index contributed by atoms with van der Waals surface area (Å²) in [6, 6.07) is 6.17. The van der Waals surface area contributed by atoms with Gasteiger partial charge >= 0.3 is 5.97 Å². The van der Waals surface area contributed by atoms with Crippen LogP contribution in [0.5, 0.6) is 0 Å². The number of aryl methyl sites for hydroxylation is 1. The third-order valence-corrected chi connectivity index (χ3v) is 4.18. The lowest BCUT2D eigenvalue weighted by molar-refractivity contribution is -0.149. The molecular weight excluding hydrogens is 274 g/mol. The van der Waals surface area contributed by atoms with Gasteiger partial charge in [-0.15, -0.1) is 0 Å². The number of rotatable bonds is 4. The number of hydrogen-bond acceptors (Lipinski definition) is 3. The maximum atomic E-state index is 11.9. The average molecular weight is 296 g/mol. The Bertz CT molecular complexity index is 455. The molecule has 2 unspecified atom stereocenters. The van der Waals surface area contributed by atoms with E-state index in [9.17, 15) is 4.79 Å². The van der Waals surface area contributed by atoms with Crippen molar-refractivity contribution < 1.29 is 9.53 Å². The summed E-state index contributed by atoms with van der Waals surface area (Å²) in [5, 5.41) is 4.24. The highest BCUT2D eigenvalue weighted by Gasteiger charge is 2.28. The molecular formula is C16H22ClNO2. The minimum absolute atomic E-state index is 0.0176. The second-order valence-corrected chi connectivity index (χ2v) is 5.80. The number of halogens is 1. The normalized spacial score (nSPS) is 22.4. The van der Waals surface area contributed by atoms with Crippen LogP contribution in [-0.4, -0.2) is 18.6 Å². The number of para-hydroxylation sites is 1. The first kappa shape index (κ1) is 15.2. The molecule has 0 aromatic heterocycles. The predicted octanol–water partition coefficient (Wildman–Crippen LogP) is 4.18. The highest BCUT2D eigenvalue weighted by atomic mass is 35.5. The summed E-state index contributed by atoms with van der Waals surface area (Å²) in [7, 11) is 0. The van der Waals surface area contributed by atoms with E-state index in [1.165, 1.54) is 0 Å². The molecule has 0 heterocycles. The standard InChI is InChI=1S/C16H22ClNO2/c1-3-20-16(19)12-7-5-8-13(10-12)18-15-11(2)6-4-9-14(15)17/h4,6,9,12-13,18H,3,5,7-8,10H2,1-2H3. The zero-order valence-electron chi connectivity index (χ0n) is 12.1. The van der Waals surface area contributed by atoms with E-state index in [4.69, 9.17) is 16.3 Å². The quantitative estimate of drug-likeness (QED) is 0.847. The Labute approximate surface area is 125 Å². The fourth-order valence-electron chi connectivity index (χ4n) is 2.81. The molecule has 110 valence electrons. The lowest BCUT2D eigenvalue weighted by Gasteiger charge is -2.30. The van der Waals surface area contributed by atoms with Gasteiger partial charge in [0.2, 0.25) is 0 Å². The van der Waals surface area contributed by atoms with Crippen molar-refractivity contribution in [2.75, 3.05) is 11.9 Å². The van der Waals surface area contributed by atoms with Crippen molar-refractivity contribution in [1.29, 1.82) is 0 Å². The van der Waals surface area contributed by atoms with Crippen LogP contribution >= 0.6 is 11.6 Å². The van der Waals surface area contributed by atoms with E-state index in [-0.39, 0.29) is 17.9 Å². The monoisotopic (exact) mass is 295 g/mol. The SMILES string of the molecule is CCOC(=O)C1CCCC(Nc2c(C)cccc2Cl)C1. The van der Waals surface area contributed by atoms with Crippen molar-refractivity contribution >= 4 is 23.3 Å². The van der Waals surface area contributed by atoms with Crippen LogP contribution < -0.4 is 5.32 Å². The first-order valence-corrected chi connectivity index (χ1v) is 7.68. The molecule has 1 saturated carbocycles. The zero-order chi connectivity index (χ0) is 14.5. The molecule has 0 radical (unpaired) electrons. The van der Waals surface area contributed by atoms with Gasteiger partial charge in [-0.3, -0.25) is 4.79 Å². The summed E-state index contributed by atoms with van der Waals surface area (Å²) in [4.78, 5) is 11.9. The van der Waals surface area contributed by atoms with Gasteiger partial charge in [0.15, 0.2) is 0 Å². The zero-order valence-corrected chi connectivity index (χ0v) is 12.9. The average Bonchev–Trinajstić information content (AvgIpc) is 2.44. The predicted molar refractivity (Wildman–Crippen MR) is 82.2 cm³/mol. The van der Waals surface area contributed by atoms with E-state index < -0.39 is 0 Å². The Balaban J connectivity index is 2.01. The summed E-state index contributed by atoms with van der Waals surface area (Å²) < 4.78 is 5.13. The number of ether oxygens (including phenoxy) is 1. The van der Waals surface area contributed by atoms with Crippen molar-refractivity contribution in [1.82, 2.24) is 0 Å². The molecule has 3 nitrogen and oxygen atoms in total. The van der Waals surface area contributed by atoms with Crippen molar-refractivity contribution in [3.8, 4) is 0 Å². The Hall–Kier alpha value is -1.22. The van der Waals surface area contributed by atoms with Crippen LogP contribution in [0.1, 0.15) is 38.2 Å². The largest absolute Gasteiger partial charge is 0.466 e. The lowest BCUT2D eigenvalue weighted by atomic mass is 9.85. The van der Waals surface area contributed by atoms with Gasteiger partial charge in [-0.2, -0.15) is 0 Å². The molecule has 4 heteroatoms. The second-order valence-electron chi connectivity index (χ2n) is 5.39. The molecule has 1 aliphatic carbocycles.